The number of benzene rings is 1. The van der Waals surface area contributed by atoms with Crippen LogP contribution in [0.2, 0.25) is 0 Å². The van der Waals surface area contributed by atoms with Gasteiger partial charge in [-0.25, -0.2) is 0 Å². The third kappa shape index (κ3) is 3.50. The van der Waals surface area contributed by atoms with Crippen molar-refractivity contribution in [3.63, 3.8) is 0 Å². The van der Waals surface area contributed by atoms with Crippen LogP contribution in [-0.4, -0.2) is 11.1 Å². The van der Waals surface area contributed by atoms with Crippen molar-refractivity contribution < 1.29 is 9.90 Å². The summed E-state index contributed by atoms with van der Waals surface area (Å²) >= 11 is 2.28. The Kier molecular flexibility index (Phi) is 4.87. The van der Waals surface area contributed by atoms with Crippen LogP contribution < -0.4 is 0 Å². The van der Waals surface area contributed by atoms with Crippen molar-refractivity contribution in [2.24, 2.45) is 11.3 Å². The van der Waals surface area contributed by atoms with E-state index in [9.17, 15) is 9.90 Å². The van der Waals surface area contributed by atoms with E-state index in [2.05, 4.69) is 53.8 Å². The molecule has 1 aromatic carbocycles. The van der Waals surface area contributed by atoms with Crippen LogP contribution in [0, 0.1) is 14.9 Å². The van der Waals surface area contributed by atoms with Gasteiger partial charge in [0.2, 0.25) is 0 Å². The zero-order valence-corrected chi connectivity index (χ0v) is 13.5. The van der Waals surface area contributed by atoms with Gasteiger partial charge >= 0.3 is 5.97 Å². The quantitative estimate of drug-likeness (QED) is 0.790. The third-order valence-electron chi connectivity index (χ3n) is 4.43. The first-order chi connectivity index (χ1) is 9.05. The second-order valence-electron chi connectivity index (χ2n) is 5.76. The van der Waals surface area contributed by atoms with E-state index < -0.39 is 11.4 Å². The molecular weight excluding hydrogens is 351 g/mol. The molecule has 1 fully saturated rings. The summed E-state index contributed by atoms with van der Waals surface area (Å²) in [5.74, 6) is -0.0297. The van der Waals surface area contributed by atoms with Gasteiger partial charge in [0.05, 0.1) is 5.41 Å². The summed E-state index contributed by atoms with van der Waals surface area (Å²) in [4.78, 5) is 11.8. The fraction of sp³-hybridized carbons (Fsp3) is 0.562. The Balaban J connectivity index is 2.19. The van der Waals surface area contributed by atoms with Gasteiger partial charge in [0.25, 0.3) is 0 Å². The normalized spacial score (nSPS) is 27.2. The average Bonchev–Trinajstić information content (AvgIpc) is 2.41. The first kappa shape index (κ1) is 14.8. The van der Waals surface area contributed by atoms with Crippen LogP contribution in [-0.2, 0) is 11.2 Å². The molecule has 3 heteroatoms. The number of carboxylic acid groups (broad SMARTS) is 1. The lowest BCUT2D eigenvalue weighted by atomic mass is 9.66. The minimum atomic E-state index is -0.607. The molecule has 0 spiro atoms. The molecule has 0 amide bonds. The molecule has 2 rings (SSSR count). The maximum absolute atomic E-state index is 11.8. The Bertz CT molecular complexity index is 441. The predicted molar refractivity (Wildman–Crippen MR) is 85.2 cm³/mol. The SMILES string of the molecule is CCC1CCCC(Cc2ccc(I)cc2)(C(=O)O)C1. The van der Waals surface area contributed by atoms with Crippen LogP contribution in [0.4, 0.5) is 0 Å². The molecule has 0 aliphatic heterocycles. The number of hydrogen-bond donors (Lipinski definition) is 1. The van der Waals surface area contributed by atoms with Gasteiger partial charge in [0.15, 0.2) is 0 Å². The molecule has 19 heavy (non-hydrogen) atoms. The van der Waals surface area contributed by atoms with Gasteiger partial charge in [-0.1, -0.05) is 38.3 Å². The smallest absolute Gasteiger partial charge is 0.309 e. The first-order valence-corrected chi connectivity index (χ1v) is 8.11. The zero-order valence-electron chi connectivity index (χ0n) is 11.4. The van der Waals surface area contributed by atoms with Crippen LogP contribution >= 0.6 is 22.6 Å². The standard InChI is InChI=1S/C16H21IO2/c1-2-12-4-3-9-16(10-12,15(18)19)11-13-5-7-14(17)8-6-13/h5-8,12H,2-4,9-11H2,1H3,(H,18,19). The minimum absolute atomic E-state index is 0.536. The molecule has 104 valence electrons. The van der Waals surface area contributed by atoms with E-state index in [0.29, 0.717) is 12.3 Å². The molecule has 0 saturated heterocycles. The Morgan fingerprint density at radius 1 is 1.42 bits per heavy atom. The van der Waals surface area contributed by atoms with Gasteiger partial charge in [-0.2, -0.15) is 0 Å². The summed E-state index contributed by atoms with van der Waals surface area (Å²) in [6.45, 7) is 2.17. The zero-order chi connectivity index (χ0) is 13.9. The lowest BCUT2D eigenvalue weighted by molar-refractivity contribution is -0.152. The van der Waals surface area contributed by atoms with Crippen LogP contribution in [0.15, 0.2) is 24.3 Å². The topological polar surface area (TPSA) is 37.3 Å². The van der Waals surface area contributed by atoms with Crippen LogP contribution in [0.25, 0.3) is 0 Å². The number of rotatable bonds is 4. The summed E-state index contributed by atoms with van der Waals surface area (Å²) < 4.78 is 1.20. The average molecular weight is 372 g/mol. The maximum Gasteiger partial charge on any atom is 0.309 e. The van der Waals surface area contributed by atoms with Crippen molar-refractivity contribution in [3.8, 4) is 0 Å². The Morgan fingerprint density at radius 2 is 2.11 bits per heavy atom. The Hall–Kier alpha value is -0.580. The Morgan fingerprint density at radius 3 is 2.68 bits per heavy atom. The second-order valence-corrected chi connectivity index (χ2v) is 7.00. The number of carbonyl (C=O) groups is 1. The van der Waals surface area contributed by atoms with Crippen molar-refractivity contribution >= 4 is 28.6 Å². The molecule has 1 aromatic rings. The van der Waals surface area contributed by atoms with Gasteiger partial charge < -0.3 is 5.11 Å². The van der Waals surface area contributed by atoms with Gasteiger partial charge in [-0.05, 0) is 65.5 Å². The molecule has 2 atom stereocenters. The molecule has 0 radical (unpaired) electrons. The molecule has 1 aliphatic rings. The lowest BCUT2D eigenvalue weighted by Gasteiger charge is -2.37. The van der Waals surface area contributed by atoms with Crippen molar-refractivity contribution in [1.82, 2.24) is 0 Å². The highest BCUT2D eigenvalue weighted by Crippen LogP contribution is 2.43. The molecule has 2 nitrogen and oxygen atoms in total. The van der Waals surface area contributed by atoms with E-state index in [0.717, 1.165) is 31.2 Å². The number of hydrogen-bond acceptors (Lipinski definition) is 1. The highest BCUT2D eigenvalue weighted by molar-refractivity contribution is 14.1. The van der Waals surface area contributed by atoms with Crippen LogP contribution in [0.5, 0.6) is 0 Å². The van der Waals surface area contributed by atoms with Crippen molar-refractivity contribution in [1.29, 1.82) is 0 Å². The highest BCUT2D eigenvalue weighted by Gasteiger charge is 2.42. The lowest BCUT2D eigenvalue weighted by Crippen LogP contribution is -2.38. The molecular formula is C16H21IO2. The fourth-order valence-electron chi connectivity index (χ4n) is 3.26. The van der Waals surface area contributed by atoms with E-state index in [1.165, 1.54) is 9.99 Å². The van der Waals surface area contributed by atoms with E-state index in [4.69, 9.17) is 0 Å². The van der Waals surface area contributed by atoms with Gasteiger partial charge in [-0.3, -0.25) is 4.79 Å². The summed E-state index contributed by atoms with van der Waals surface area (Å²) in [5, 5.41) is 9.72. The Labute approximate surface area is 128 Å². The summed E-state index contributed by atoms with van der Waals surface area (Å²) in [6.07, 6.45) is 5.68. The molecule has 1 saturated carbocycles. The predicted octanol–water partition coefficient (Wildman–Crippen LogP) is 4.50. The van der Waals surface area contributed by atoms with Crippen molar-refractivity contribution in [2.45, 2.75) is 45.4 Å². The van der Waals surface area contributed by atoms with Gasteiger partial charge in [0, 0.05) is 3.57 Å². The first-order valence-electron chi connectivity index (χ1n) is 7.03. The van der Waals surface area contributed by atoms with E-state index in [1.54, 1.807) is 0 Å². The van der Waals surface area contributed by atoms with Gasteiger partial charge in [0.1, 0.15) is 0 Å². The maximum atomic E-state index is 11.8. The van der Waals surface area contributed by atoms with E-state index in [1.807, 2.05) is 0 Å². The summed E-state index contributed by atoms with van der Waals surface area (Å²) in [6, 6.07) is 8.27. The van der Waals surface area contributed by atoms with E-state index in [-0.39, 0.29) is 0 Å². The number of carboxylic acids is 1. The highest BCUT2D eigenvalue weighted by atomic mass is 127. The van der Waals surface area contributed by atoms with Crippen molar-refractivity contribution in [2.75, 3.05) is 0 Å². The van der Waals surface area contributed by atoms with E-state index >= 15 is 0 Å². The molecule has 0 heterocycles. The molecule has 0 aromatic heterocycles. The van der Waals surface area contributed by atoms with Crippen molar-refractivity contribution in [3.05, 3.63) is 33.4 Å². The summed E-state index contributed by atoms with van der Waals surface area (Å²) in [5.41, 5.74) is 0.616. The fourth-order valence-corrected chi connectivity index (χ4v) is 3.62. The monoisotopic (exact) mass is 372 g/mol. The van der Waals surface area contributed by atoms with Crippen LogP contribution in [0.1, 0.15) is 44.6 Å². The largest absolute Gasteiger partial charge is 0.481 e. The number of halogens is 1. The second kappa shape index (κ2) is 6.25. The number of aliphatic carboxylic acids is 1. The molecule has 1 N–H and O–H groups in total. The third-order valence-corrected chi connectivity index (χ3v) is 5.15. The van der Waals surface area contributed by atoms with Gasteiger partial charge in [-0.15, -0.1) is 0 Å². The molecule has 0 bridgehead atoms. The summed E-state index contributed by atoms with van der Waals surface area (Å²) in [7, 11) is 0. The molecule has 2 unspecified atom stereocenters. The minimum Gasteiger partial charge on any atom is -0.481 e. The molecule has 1 aliphatic carbocycles. The van der Waals surface area contributed by atoms with Crippen LogP contribution in [0.3, 0.4) is 0 Å².